The summed E-state index contributed by atoms with van der Waals surface area (Å²) >= 11 is 0. The second kappa shape index (κ2) is 11.7. The van der Waals surface area contributed by atoms with Gasteiger partial charge in [0.05, 0.1) is 6.61 Å². The molecule has 0 heterocycles. The van der Waals surface area contributed by atoms with Gasteiger partial charge in [0, 0.05) is 20.2 Å². The number of hydrogen-bond acceptors (Lipinski definition) is 3. The fourth-order valence-electron chi connectivity index (χ4n) is 1.53. The summed E-state index contributed by atoms with van der Waals surface area (Å²) in [5.74, 6) is 0. The topological polar surface area (TPSA) is 38.5 Å². The molecule has 0 aromatic carbocycles. The van der Waals surface area contributed by atoms with Crippen LogP contribution in [0.5, 0.6) is 0 Å². The zero-order chi connectivity index (χ0) is 11.4. The molecule has 0 radical (unpaired) electrons. The zero-order valence-corrected chi connectivity index (χ0v) is 10.1. The summed E-state index contributed by atoms with van der Waals surface area (Å²) in [6.07, 6.45) is 6.88. The van der Waals surface area contributed by atoms with Gasteiger partial charge in [-0.15, -0.1) is 6.58 Å². The predicted octanol–water partition coefficient (Wildman–Crippen LogP) is 1.64. The summed E-state index contributed by atoms with van der Waals surface area (Å²) in [5.41, 5.74) is 5.44. The minimum atomic E-state index is 0.802. The quantitative estimate of drug-likeness (QED) is 0.420. The molecule has 15 heavy (non-hydrogen) atoms. The van der Waals surface area contributed by atoms with Crippen molar-refractivity contribution in [1.29, 1.82) is 0 Å². The van der Waals surface area contributed by atoms with Crippen molar-refractivity contribution in [3.8, 4) is 0 Å². The molecule has 0 unspecified atom stereocenters. The molecule has 0 amide bonds. The van der Waals surface area contributed by atoms with E-state index in [1.165, 1.54) is 19.3 Å². The van der Waals surface area contributed by atoms with Crippen LogP contribution in [0.2, 0.25) is 0 Å². The van der Waals surface area contributed by atoms with Crippen molar-refractivity contribution in [3.05, 3.63) is 12.7 Å². The van der Waals surface area contributed by atoms with Gasteiger partial charge in [0.2, 0.25) is 0 Å². The van der Waals surface area contributed by atoms with E-state index in [0.717, 1.165) is 39.2 Å². The van der Waals surface area contributed by atoms with Gasteiger partial charge >= 0.3 is 0 Å². The first-order valence-corrected chi connectivity index (χ1v) is 5.87. The first kappa shape index (κ1) is 14.6. The van der Waals surface area contributed by atoms with E-state index in [0.29, 0.717) is 0 Å². The molecule has 3 heteroatoms. The predicted molar refractivity (Wildman–Crippen MR) is 66.0 cm³/mol. The summed E-state index contributed by atoms with van der Waals surface area (Å²) in [6.45, 7) is 8.49. The van der Waals surface area contributed by atoms with Crippen molar-refractivity contribution in [2.45, 2.75) is 25.7 Å². The Labute approximate surface area is 94.3 Å². The van der Waals surface area contributed by atoms with Crippen LogP contribution in [0.3, 0.4) is 0 Å². The van der Waals surface area contributed by atoms with Crippen LogP contribution in [-0.4, -0.2) is 44.8 Å². The maximum absolute atomic E-state index is 5.44. The molecular formula is C12H26N2O. The number of nitrogens with two attached hydrogens (primary N) is 1. The highest BCUT2D eigenvalue weighted by molar-refractivity contribution is 4.73. The van der Waals surface area contributed by atoms with Crippen molar-refractivity contribution < 1.29 is 4.74 Å². The van der Waals surface area contributed by atoms with Crippen molar-refractivity contribution in [1.82, 2.24) is 4.90 Å². The third-order valence-corrected chi connectivity index (χ3v) is 2.43. The standard InChI is InChI=1S/C12H26N2O/c1-3-9-14(11-12-15-2)10-7-5-4-6-8-13/h3H,1,4-13H2,2H3. The molecule has 2 N–H and O–H groups in total. The molecule has 0 saturated carbocycles. The van der Waals surface area contributed by atoms with Crippen LogP contribution in [0.25, 0.3) is 0 Å². The minimum absolute atomic E-state index is 0.802. The van der Waals surface area contributed by atoms with E-state index in [1.54, 1.807) is 7.11 Å². The number of hydrogen-bond donors (Lipinski definition) is 1. The van der Waals surface area contributed by atoms with Crippen LogP contribution >= 0.6 is 0 Å². The summed E-state index contributed by atoms with van der Waals surface area (Å²) < 4.78 is 5.07. The summed E-state index contributed by atoms with van der Waals surface area (Å²) in [6, 6.07) is 0. The fourth-order valence-corrected chi connectivity index (χ4v) is 1.53. The lowest BCUT2D eigenvalue weighted by molar-refractivity contribution is 0.153. The Morgan fingerprint density at radius 1 is 1.20 bits per heavy atom. The maximum atomic E-state index is 5.44. The Morgan fingerprint density at radius 2 is 1.93 bits per heavy atom. The Morgan fingerprint density at radius 3 is 2.53 bits per heavy atom. The lowest BCUT2D eigenvalue weighted by atomic mass is 10.2. The number of rotatable bonds is 11. The first-order valence-electron chi connectivity index (χ1n) is 5.87. The van der Waals surface area contributed by atoms with Gasteiger partial charge in [-0.1, -0.05) is 18.9 Å². The summed E-state index contributed by atoms with van der Waals surface area (Å²) in [7, 11) is 1.74. The normalized spacial score (nSPS) is 10.9. The SMILES string of the molecule is C=CCN(CCCCCCN)CCOC. The minimum Gasteiger partial charge on any atom is -0.383 e. The molecule has 0 atom stereocenters. The lowest BCUT2D eigenvalue weighted by Crippen LogP contribution is -2.28. The van der Waals surface area contributed by atoms with E-state index >= 15 is 0 Å². The maximum Gasteiger partial charge on any atom is 0.0589 e. The summed E-state index contributed by atoms with van der Waals surface area (Å²) in [4.78, 5) is 2.37. The van der Waals surface area contributed by atoms with Crippen LogP contribution in [0.4, 0.5) is 0 Å². The molecule has 0 rings (SSSR count). The van der Waals surface area contributed by atoms with Gasteiger partial charge in [0.1, 0.15) is 0 Å². The van der Waals surface area contributed by atoms with Gasteiger partial charge in [-0.2, -0.15) is 0 Å². The Kier molecular flexibility index (Phi) is 11.4. The van der Waals surface area contributed by atoms with E-state index in [-0.39, 0.29) is 0 Å². The molecule has 0 aliphatic heterocycles. The lowest BCUT2D eigenvalue weighted by Gasteiger charge is -2.19. The van der Waals surface area contributed by atoms with Crippen molar-refractivity contribution in [2.24, 2.45) is 5.73 Å². The number of unbranched alkanes of at least 4 members (excludes halogenated alkanes) is 3. The Hall–Kier alpha value is -0.380. The van der Waals surface area contributed by atoms with Crippen molar-refractivity contribution in [2.75, 3.05) is 39.9 Å². The third-order valence-electron chi connectivity index (χ3n) is 2.43. The average molecular weight is 214 g/mol. The molecule has 0 saturated heterocycles. The van der Waals surface area contributed by atoms with Gasteiger partial charge in [0.15, 0.2) is 0 Å². The first-order chi connectivity index (χ1) is 7.35. The van der Waals surface area contributed by atoms with Gasteiger partial charge in [0.25, 0.3) is 0 Å². The van der Waals surface area contributed by atoms with Crippen LogP contribution in [0.1, 0.15) is 25.7 Å². The molecule has 0 fully saturated rings. The van der Waals surface area contributed by atoms with Crippen molar-refractivity contribution >= 4 is 0 Å². The van der Waals surface area contributed by atoms with Crippen LogP contribution < -0.4 is 5.73 Å². The summed E-state index contributed by atoms with van der Waals surface area (Å²) in [5, 5.41) is 0. The second-order valence-corrected chi connectivity index (χ2v) is 3.78. The highest BCUT2D eigenvalue weighted by Crippen LogP contribution is 2.01. The van der Waals surface area contributed by atoms with Crippen LogP contribution in [-0.2, 0) is 4.74 Å². The molecule has 0 aliphatic rings. The van der Waals surface area contributed by atoms with Gasteiger partial charge in [-0.25, -0.2) is 0 Å². The van der Waals surface area contributed by atoms with E-state index in [2.05, 4.69) is 11.5 Å². The Bertz CT molecular complexity index is 140. The highest BCUT2D eigenvalue weighted by Gasteiger charge is 2.01. The van der Waals surface area contributed by atoms with Crippen molar-refractivity contribution in [3.63, 3.8) is 0 Å². The zero-order valence-electron chi connectivity index (χ0n) is 10.1. The average Bonchev–Trinajstić information content (AvgIpc) is 2.25. The molecule has 0 bridgehead atoms. The Balaban J connectivity index is 3.42. The largest absolute Gasteiger partial charge is 0.383 e. The number of nitrogens with zero attached hydrogens (tertiary/aromatic N) is 1. The van der Waals surface area contributed by atoms with E-state index in [9.17, 15) is 0 Å². The van der Waals surface area contributed by atoms with Gasteiger partial charge in [-0.3, -0.25) is 4.90 Å². The van der Waals surface area contributed by atoms with Gasteiger partial charge < -0.3 is 10.5 Å². The number of methoxy groups -OCH3 is 1. The second-order valence-electron chi connectivity index (χ2n) is 3.78. The molecule has 0 spiro atoms. The molecular weight excluding hydrogens is 188 g/mol. The molecule has 3 nitrogen and oxygen atoms in total. The number of ether oxygens (including phenoxy) is 1. The van der Waals surface area contributed by atoms with Crippen LogP contribution in [0, 0.1) is 0 Å². The monoisotopic (exact) mass is 214 g/mol. The highest BCUT2D eigenvalue weighted by atomic mass is 16.5. The van der Waals surface area contributed by atoms with Crippen LogP contribution in [0.15, 0.2) is 12.7 Å². The van der Waals surface area contributed by atoms with Gasteiger partial charge in [-0.05, 0) is 25.9 Å². The molecule has 90 valence electrons. The third kappa shape index (κ3) is 9.91. The molecule has 0 aromatic heterocycles. The smallest absolute Gasteiger partial charge is 0.0589 e. The molecule has 0 aromatic rings. The van der Waals surface area contributed by atoms with E-state index < -0.39 is 0 Å². The molecule has 0 aliphatic carbocycles. The van der Waals surface area contributed by atoms with E-state index in [1.807, 2.05) is 6.08 Å². The fraction of sp³-hybridized carbons (Fsp3) is 0.833. The van der Waals surface area contributed by atoms with E-state index in [4.69, 9.17) is 10.5 Å².